The highest BCUT2D eigenvalue weighted by molar-refractivity contribution is 5.86. The first-order chi connectivity index (χ1) is 10.5. The second-order valence-corrected chi connectivity index (χ2v) is 5.42. The first kappa shape index (κ1) is 15.2. The minimum absolute atomic E-state index is 0.0303. The second kappa shape index (κ2) is 5.33. The Hall–Kier alpha value is -3.15. The Morgan fingerprint density at radius 1 is 0.955 bits per heavy atom. The van der Waals surface area contributed by atoms with Gasteiger partial charge in [-0.2, -0.15) is 21.0 Å². The molecule has 0 heterocycles. The van der Waals surface area contributed by atoms with E-state index in [4.69, 9.17) is 0 Å². The SMILES string of the molecule is C[C@@H]1C(=O)C[C@H](c2ccccc2)C(C#N)(C#N)C1(C#N)C#N. The van der Waals surface area contributed by atoms with Crippen LogP contribution in [0.3, 0.4) is 0 Å². The van der Waals surface area contributed by atoms with Crippen LogP contribution in [-0.4, -0.2) is 5.78 Å². The predicted octanol–water partition coefficient (Wildman–Crippen LogP) is 2.45. The number of hydrogen-bond donors (Lipinski definition) is 0. The van der Waals surface area contributed by atoms with E-state index in [9.17, 15) is 25.8 Å². The van der Waals surface area contributed by atoms with Gasteiger partial charge in [0.15, 0.2) is 10.8 Å². The maximum atomic E-state index is 12.3. The van der Waals surface area contributed by atoms with E-state index < -0.39 is 22.7 Å². The van der Waals surface area contributed by atoms with Crippen molar-refractivity contribution in [2.45, 2.75) is 19.3 Å². The van der Waals surface area contributed by atoms with E-state index in [0.717, 1.165) is 0 Å². The smallest absolute Gasteiger partial charge is 0.185 e. The van der Waals surface area contributed by atoms with Crippen LogP contribution in [0.2, 0.25) is 0 Å². The molecule has 1 aliphatic rings. The maximum absolute atomic E-state index is 12.3. The summed E-state index contributed by atoms with van der Waals surface area (Å²) in [5, 5.41) is 38.5. The Morgan fingerprint density at radius 3 is 1.91 bits per heavy atom. The number of carbonyl (C=O) groups is 1. The van der Waals surface area contributed by atoms with Gasteiger partial charge in [-0.15, -0.1) is 0 Å². The van der Waals surface area contributed by atoms with Crippen molar-refractivity contribution in [2.75, 3.05) is 0 Å². The third-order valence-corrected chi connectivity index (χ3v) is 4.59. The Morgan fingerprint density at radius 2 is 1.45 bits per heavy atom. The molecule has 1 aromatic rings. The van der Waals surface area contributed by atoms with Crippen molar-refractivity contribution in [1.82, 2.24) is 0 Å². The molecule has 0 saturated heterocycles. The van der Waals surface area contributed by atoms with Crippen molar-refractivity contribution in [2.24, 2.45) is 16.7 Å². The standard InChI is InChI=1S/C17H12N4O/c1-12-15(22)7-14(13-5-3-2-4-6-13)17(10-20,11-21)16(12,8-18)9-19/h2-6,12,14H,7H2,1H3/t12-,14-/m1/s1. The van der Waals surface area contributed by atoms with Gasteiger partial charge >= 0.3 is 0 Å². The lowest BCUT2D eigenvalue weighted by molar-refractivity contribution is -0.130. The van der Waals surface area contributed by atoms with Crippen LogP contribution in [0.4, 0.5) is 0 Å². The third kappa shape index (κ3) is 1.70. The van der Waals surface area contributed by atoms with Crippen molar-refractivity contribution >= 4 is 5.78 Å². The molecule has 0 radical (unpaired) electrons. The van der Waals surface area contributed by atoms with E-state index in [2.05, 4.69) is 0 Å². The molecule has 106 valence electrons. The summed E-state index contributed by atoms with van der Waals surface area (Å²) in [4.78, 5) is 12.3. The number of hydrogen-bond acceptors (Lipinski definition) is 5. The second-order valence-electron chi connectivity index (χ2n) is 5.42. The molecular weight excluding hydrogens is 276 g/mol. The number of carbonyl (C=O) groups excluding carboxylic acids is 1. The molecule has 2 atom stereocenters. The average Bonchev–Trinajstić information content (AvgIpc) is 2.58. The van der Waals surface area contributed by atoms with E-state index in [1.54, 1.807) is 30.3 Å². The minimum Gasteiger partial charge on any atom is -0.299 e. The Balaban J connectivity index is 2.80. The van der Waals surface area contributed by atoms with E-state index in [-0.39, 0.29) is 12.2 Å². The highest BCUT2D eigenvalue weighted by Gasteiger charge is 2.66. The molecule has 5 heteroatoms. The van der Waals surface area contributed by atoms with Gasteiger partial charge in [0, 0.05) is 18.3 Å². The van der Waals surface area contributed by atoms with Gasteiger partial charge < -0.3 is 0 Å². The molecule has 0 aliphatic heterocycles. The van der Waals surface area contributed by atoms with Crippen LogP contribution in [0.25, 0.3) is 0 Å². The highest BCUT2D eigenvalue weighted by Crippen LogP contribution is 2.57. The Kier molecular flexibility index (Phi) is 3.69. The van der Waals surface area contributed by atoms with Gasteiger partial charge in [0.1, 0.15) is 5.78 Å². The molecule has 0 spiro atoms. The van der Waals surface area contributed by atoms with Gasteiger partial charge in [-0.25, -0.2) is 0 Å². The molecule has 1 saturated carbocycles. The summed E-state index contributed by atoms with van der Waals surface area (Å²) >= 11 is 0. The molecule has 1 aliphatic carbocycles. The molecule has 1 fully saturated rings. The highest BCUT2D eigenvalue weighted by atomic mass is 16.1. The molecule has 0 N–H and O–H groups in total. The lowest BCUT2D eigenvalue weighted by Crippen LogP contribution is -2.53. The molecule has 0 unspecified atom stereocenters. The van der Waals surface area contributed by atoms with Crippen molar-refractivity contribution in [3.63, 3.8) is 0 Å². The monoisotopic (exact) mass is 288 g/mol. The fourth-order valence-corrected chi connectivity index (χ4v) is 3.19. The summed E-state index contributed by atoms with van der Waals surface area (Å²) in [5.74, 6) is -2.06. The van der Waals surface area contributed by atoms with Gasteiger partial charge in [-0.1, -0.05) is 37.3 Å². The van der Waals surface area contributed by atoms with Crippen molar-refractivity contribution in [1.29, 1.82) is 21.0 Å². The van der Waals surface area contributed by atoms with Gasteiger partial charge in [0.2, 0.25) is 0 Å². The van der Waals surface area contributed by atoms with Crippen molar-refractivity contribution in [3.8, 4) is 24.3 Å². The summed E-state index contributed by atoms with van der Waals surface area (Å²) in [7, 11) is 0. The zero-order chi connectivity index (χ0) is 16.4. The molecule has 0 bridgehead atoms. The average molecular weight is 288 g/mol. The number of rotatable bonds is 1. The van der Waals surface area contributed by atoms with Crippen LogP contribution < -0.4 is 0 Å². The normalized spacial score (nSPS) is 25.0. The van der Waals surface area contributed by atoms with Crippen LogP contribution >= 0.6 is 0 Å². The van der Waals surface area contributed by atoms with Crippen LogP contribution in [0.1, 0.15) is 24.8 Å². The maximum Gasteiger partial charge on any atom is 0.185 e. The molecule has 0 amide bonds. The van der Waals surface area contributed by atoms with Gasteiger partial charge in [-0.05, 0) is 5.56 Å². The molecule has 5 nitrogen and oxygen atoms in total. The van der Waals surface area contributed by atoms with Gasteiger partial charge in [-0.3, -0.25) is 4.79 Å². The first-order valence-corrected chi connectivity index (χ1v) is 6.75. The third-order valence-electron chi connectivity index (χ3n) is 4.59. The van der Waals surface area contributed by atoms with Crippen molar-refractivity contribution in [3.05, 3.63) is 35.9 Å². The van der Waals surface area contributed by atoms with Crippen LogP contribution in [0, 0.1) is 62.1 Å². The summed E-state index contributed by atoms with van der Waals surface area (Å²) in [6.45, 7) is 1.44. The number of benzene rings is 1. The molecular formula is C17H12N4O. The minimum atomic E-state index is -1.98. The summed E-state index contributed by atoms with van der Waals surface area (Å²) in [6.07, 6.45) is -0.0303. The lowest BCUT2D eigenvalue weighted by atomic mass is 9.48. The number of Topliss-reactive ketones (excluding diaryl/α,β-unsaturated/α-hetero) is 1. The fourth-order valence-electron chi connectivity index (χ4n) is 3.19. The Labute approximate surface area is 128 Å². The fraction of sp³-hybridized carbons (Fsp3) is 0.353. The summed E-state index contributed by atoms with van der Waals surface area (Å²) in [6, 6.07) is 16.1. The van der Waals surface area contributed by atoms with E-state index >= 15 is 0 Å². The van der Waals surface area contributed by atoms with E-state index in [1.807, 2.05) is 24.3 Å². The van der Waals surface area contributed by atoms with Crippen LogP contribution in [-0.2, 0) is 4.79 Å². The first-order valence-electron chi connectivity index (χ1n) is 6.75. The number of ketones is 1. The molecule has 1 aromatic carbocycles. The largest absolute Gasteiger partial charge is 0.299 e. The van der Waals surface area contributed by atoms with Crippen molar-refractivity contribution < 1.29 is 4.79 Å². The lowest BCUT2D eigenvalue weighted by Gasteiger charge is -2.44. The molecule has 22 heavy (non-hydrogen) atoms. The van der Waals surface area contributed by atoms with Crippen LogP contribution in [0.15, 0.2) is 30.3 Å². The molecule has 0 aromatic heterocycles. The van der Waals surface area contributed by atoms with Gasteiger partial charge in [0.05, 0.1) is 24.3 Å². The van der Waals surface area contributed by atoms with E-state index in [0.29, 0.717) is 5.56 Å². The summed E-state index contributed by atoms with van der Waals surface area (Å²) < 4.78 is 0. The number of nitriles is 4. The van der Waals surface area contributed by atoms with Gasteiger partial charge in [0.25, 0.3) is 0 Å². The van der Waals surface area contributed by atoms with E-state index in [1.165, 1.54) is 6.92 Å². The quantitative estimate of drug-likeness (QED) is 0.787. The Bertz CT molecular complexity index is 742. The number of nitrogens with zero attached hydrogens (tertiary/aromatic N) is 4. The zero-order valence-electron chi connectivity index (χ0n) is 11.9. The predicted molar refractivity (Wildman–Crippen MR) is 75.3 cm³/mol. The summed E-state index contributed by atoms with van der Waals surface area (Å²) in [5.41, 5.74) is -3.25. The topological polar surface area (TPSA) is 112 Å². The molecule has 2 rings (SSSR count). The van der Waals surface area contributed by atoms with Crippen LogP contribution in [0.5, 0.6) is 0 Å². The zero-order valence-corrected chi connectivity index (χ0v) is 11.9.